The van der Waals surface area contributed by atoms with E-state index < -0.39 is 0 Å². The maximum atomic E-state index is 12.7. The fourth-order valence-corrected chi connectivity index (χ4v) is 3.22. The molecule has 2 aromatic heterocycles. The standard InChI is InChI=1S/C19H17ClN4O/c1-13-3-2-4-15(9-13)14-5-7-23(8-6-14)19(25)17-10-18-21-11-16(20)12-24(18)22-17/h2-5,9-12H,6-8H2,1H3. The van der Waals surface area contributed by atoms with Gasteiger partial charge in [0.1, 0.15) is 0 Å². The minimum absolute atomic E-state index is 0.0823. The molecule has 3 aromatic rings. The predicted molar refractivity (Wildman–Crippen MR) is 97.7 cm³/mol. The van der Waals surface area contributed by atoms with Crippen molar-refractivity contribution in [1.82, 2.24) is 19.5 Å². The first-order valence-corrected chi connectivity index (χ1v) is 8.54. The second kappa shape index (κ2) is 6.33. The van der Waals surface area contributed by atoms with Gasteiger partial charge in [-0.2, -0.15) is 5.10 Å². The molecule has 126 valence electrons. The molecule has 0 aliphatic carbocycles. The van der Waals surface area contributed by atoms with Crippen LogP contribution in [0.25, 0.3) is 11.2 Å². The highest BCUT2D eigenvalue weighted by Gasteiger charge is 2.22. The van der Waals surface area contributed by atoms with Crippen LogP contribution in [0.2, 0.25) is 5.02 Å². The quantitative estimate of drug-likeness (QED) is 0.707. The fraction of sp³-hybridized carbons (Fsp3) is 0.211. The lowest BCUT2D eigenvalue weighted by atomic mass is 9.98. The van der Waals surface area contributed by atoms with E-state index in [9.17, 15) is 4.79 Å². The van der Waals surface area contributed by atoms with Crippen molar-refractivity contribution in [3.8, 4) is 0 Å². The molecule has 0 radical (unpaired) electrons. The highest BCUT2D eigenvalue weighted by molar-refractivity contribution is 6.30. The van der Waals surface area contributed by atoms with Gasteiger partial charge >= 0.3 is 0 Å². The van der Waals surface area contributed by atoms with Crippen LogP contribution in [-0.2, 0) is 0 Å². The zero-order valence-corrected chi connectivity index (χ0v) is 14.6. The molecular weight excluding hydrogens is 336 g/mol. The fourth-order valence-electron chi connectivity index (χ4n) is 3.08. The van der Waals surface area contributed by atoms with Crippen LogP contribution in [0, 0.1) is 6.92 Å². The molecule has 4 rings (SSSR count). The summed E-state index contributed by atoms with van der Waals surface area (Å²) in [6.07, 6.45) is 6.16. The van der Waals surface area contributed by atoms with Gasteiger partial charge in [-0.15, -0.1) is 0 Å². The van der Waals surface area contributed by atoms with E-state index in [-0.39, 0.29) is 5.91 Å². The van der Waals surface area contributed by atoms with Crippen molar-refractivity contribution in [2.45, 2.75) is 13.3 Å². The molecule has 3 heterocycles. The molecule has 0 fully saturated rings. The summed E-state index contributed by atoms with van der Waals surface area (Å²) in [4.78, 5) is 18.7. The molecule has 0 saturated carbocycles. The van der Waals surface area contributed by atoms with E-state index in [2.05, 4.69) is 47.3 Å². The molecule has 0 spiro atoms. The Morgan fingerprint density at radius 2 is 2.16 bits per heavy atom. The lowest BCUT2D eigenvalue weighted by molar-refractivity contribution is 0.0766. The van der Waals surface area contributed by atoms with Gasteiger partial charge in [-0.05, 0) is 24.5 Å². The van der Waals surface area contributed by atoms with Gasteiger partial charge in [0.15, 0.2) is 11.3 Å². The smallest absolute Gasteiger partial charge is 0.274 e. The Morgan fingerprint density at radius 3 is 2.92 bits per heavy atom. The zero-order valence-electron chi connectivity index (χ0n) is 13.8. The molecule has 1 aromatic carbocycles. The van der Waals surface area contributed by atoms with Crippen molar-refractivity contribution in [1.29, 1.82) is 0 Å². The molecule has 25 heavy (non-hydrogen) atoms. The van der Waals surface area contributed by atoms with Crippen LogP contribution in [0.3, 0.4) is 0 Å². The van der Waals surface area contributed by atoms with Gasteiger partial charge in [0.25, 0.3) is 5.91 Å². The van der Waals surface area contributed by atoms with Crippen molar-refractivity contribution >= 4 is 28.7 Å². The average Bonchev–Trinajstić information content (AvgIpc) is 3.04. The number of carbonyl (C=O) groups is 1. The van der Waals surface area contributed by atoms with Crippen LogP contribution < -0.4 is 0 Å². The van der Waals surface area contributed by atoms with E-state index in [0.717, 1.165) is 6.42 Å². The summed E-state index contributed by atoms with van der Waals surface area (Å²) in [5, 5.41) is 4.78. The number of rotatable bonds is 2. The number of hydrogen-bond donors (Lipinski definition) is 0. The Morgan fingerprint density at radius 1 is 1.28 bits per heavy atom. The Kier molecular flexibility index (Phi) is 4.01. The van der Waals surface area contributed by atoms with Gasteiger partial charge in [0, 0.05) is 25.4 Å². The third-order valence-corrected chi connectivity index (χ3v) is 4.58. The summed E-state index contributed by atoms with van der Waals surface area (Å²) in [5.41, 5.74) is 4.77. The van der Waals surface area contributed by atoms with Crippen LogP contribution in [0.4, 0.5) is 0 Å². The summed E-state index contributed by atoms with van der Waals surface area (Å²) in [6, 6.07) is 10.2. The molecule has 0 N–H and O–H groups in total. The van der Waals surface area contributed by atoms with E-state index >= 15 is 0 Å². The number of hydrogen-bond acceptors (Lipinski definition) is 3. The Hall–Kier alpha value is -2.66. The number of carbonyl (C=O) groups excluding carboxylic acids is 1. The second-order valence-corrected chi connectivity index (χ2v) is 6.64. The third-order valence-electron chi connectivity index (χ3n) is 4.39. The molecule has 1 aliphatic rings. The largest absolute Gasteiger partial charge is 0.333 e. The van der Waals surface area contributed by atoms with Gasteiger partial charge in [0.05, 0.1) is 11.2 Å². The van der Waals surface area contributed by atoms with E-state index in [4.69, 9.17) is 11.6 Å². The van der Waals surface area contributed by atoms with Crippen molar-refractivity contribution in [3.05, 3.63) is 70.6 Å². The summed E-state index contributed by atoms with van der Waals surface area (Å²) in [6.45, 7) is 3.36. The van der Waals surface area contributed by atoms with Crippen molar-refractivity contribution in [2.75, 3.05) is 13.1 Å². The Bertz CT molecular complexity index is 992. The lowest BCUT2D eigenvalue weighted by Crippen LogP contribution is -2.34. The average molecular weight is 353 g/mol. The van der Waals surface area contributed by atoms with Crippen LogP contribution in [-0.4, -0.2) is 38.5 Å². The predicted octanol–water partition coefficient (Wildman–Crippen LogP) is 3.62. The number of aryl methyl sites for hydroxylation is 1. The first kappa shape index (κ1) is 15.8. The molecular formula is C19H17ClN4O. The maximum absolute atomic E-state index is 12.7. The Labute approximate surface area is 150 Å². The third kappa shape index (κ3) is 3.15. The zero-order chi connectivity index (χ0) is 17.4. The van der Waals surface area contributed by atoms with Crippen LogP contribution in [0.5, 0.6) is 0 Å². The molecule has 0 bridgehead atoms. The number of amides is 1. The number of halogens is 1. The van der Waals surface area contributed by atoms with E-state index in [0.29, 0.717) is 29.5 Å². The minimum Gasteiger partial charge on any atom is -0.333 e. The maximum Gasteiger partial charge on any atom is 0.274 e. The summed E-state index contributed by atoms with van der Waals surface area (Å²) < 4.78 is 1.54. The summed E-state index contributed by atoms with van der Waals surface area (Å²) in [7, 11) is 0. The summed E-state index contributed by atoms with van der Waals surface area (Å²) >= 11 is 5.92. The number of fused-ring (bicyclic) bond motifs is 1. The van der Waals surface area contributed by atoms with Crippen LogP contribution >= 0.6 is 11.6 Å². The first-order valence-electron chi connectivity index (χ1n) is 8.16. The molecule has 0 saturated heterocycles. The van der Waals surface area contributed by atoms with Crippen LogP contribution in [0.1, 0.15) is 28.0 Å². The molecule has 0 atom stereocenters. The van der Waals surface area contributed by atoms with E-state index in [1.165, 1.54) is 21.2 Å². The number of nitrogens with zero attached hydrogens (tertiary/aromatic N) is 4. The topological polar surface area (TPSA) is 50.5 Å². The summed E-state index contributed by atoms with van der Waals surface area (Å²) in [5.74, 6) is -0.0823. The second-order valence-electron chi connectivity index (χ2n) is 6.20. The molecule has 5 nitrogen and oxygen atoms in total. The molecule has 1 amide bonds. The van der Waals surface area contributed by atoms with E-state index in [1.54, 1.807) is 18.5 Å². The first-order chi connectivity index (χ1) is 12.1. The highest BCUT2D eigenvalue weighted by atomic mass is 35.5. The van der Waals surface area contributed by atoms with Gasteiger partial charge < -0.3 is 4.90 Å². The van der Waals surface area contributed by atoms with Gasteiger partial charge in [0.2, 0.25) is 0 Å². The molecule has 6 heteroatoms. The molecule has 0 unspecified atom stereocenters. The monoisotopic (exact) mass is 352 g/mol. The van der Waals surface area contributed by atoms with Crippen molar-refractivity contribution in [2.24, 2.45) is 0 Å². The van der Waals surface area contributed by atoms with Gasteiger partial charge in [-0.3, -0.25) is 4.79 Å². The van der Waals surface area contributed by atoms with E-state index in [1.807, 2.05) is 4.90 Å². The molecule has 1 aliphatic heterocycles. The number of benzene rings is 1. The number of aromatic nitrogens is 3. The highest BCUT2D eigenvalue weighted by Crippen LogP contribution is 2.24. The lowest BCUT2D eigenvalue weighted by Gasteiger charge is -2.26. The Balaban J connectivity index is 1.53. The normalized spacial score (nSPS) is 14.6. The SMILES string of the molecule is Cc1cccc(C2=CCN(C(=O)c3cc4ncc(Cl)cn4n3)CC2)c1. The van der Waals surface area contributed by atoms with Crippen molar-refractivity contribution < 1.29 is 4.79 Å². The minimum atomic E-state index is -0.0823. The van der Waals surface area contributed by atoms with Gasteiger partial charge in [-0.1, -0.05) is 47.5 Å². The van der Waals surface area contributed by atoms with Crippen LogP contribution in [0.15, 0.2) is 48.8 Å². The van der Waals surface area contributed by atoms with Crippen molar-refractivity contribution in [3.63, 3.8) is 0 Å². The van der Waals surface area contributed by atoms with Gasteiger partial charge in [-0.25, -0.2) is 9.50 Å².